The number of thiophene rings is 1. The molecule has 0 fully saturated rings. The second-order valence-corrected chi connectivity index (χ2v) is 6.51. The first-order valence-electron chi connectivity index (χ1n) is 5.15. The number of aromatic nitrogens is 1. The first-order chi connectivity index (χ1) is 8.50. The van der Waals surface area contributed by atoms with Crippen LogP contribution >= 0.6 is 22.9 Å². The predicted octanol–water partition coefficient (Wildman–Crippen LogP) is 2.84. The van der Waals surface area contributed by atoms with Gasteiger partial charge < -0.3 is 0 Å². The van der Waals surface area contributed by atoms with Crippen molar-refractivity contribution >= 4 is 33.0 Å². The molecule has 0 aliphatic heterocycles. The summed E-state index contributed by atoms with van der Waals surface area (Å²) in [7, 11) is -3.66. The number of hydrogen-bond donors (Lipinski definition) is 1. The van der Waals surface area contributed by atoms with Crippen LogP contribution in [0.4, 0.5) is 0 Å². The van der Waals surface area contributed by atoms with Crippen LogP contribution in [0.25, 0.3) is 0 Å². The Hall–Kier alpha value is -0.950. The van der Waals surface area contributed by atoms with Gasteiger partial charge in [-0.15, -0.1) is 0 Å². The largest absolute Gasteiger partial charge is 0.244 e. The number of pyridine rings is 1. The van der Waals surface area contributed by atoms with E-state index in [9.17, 15) is 8.42 Å². The molecular formula is C11H11ClN2O2S2. The van der Waals surface area contributed by atoms with Crippen LogP contribution in [0.3, 0.4) is 0 Å². The third kappa shape index (κ3) is 2.89. The molecule has 2 rings (SSSR count). The average Bonchev–Trinajstić information content (AvgIpc) is 2.82. The summed E-state index contributed by atoms with van der Waals surface area (Å²) in [5.41, 5.74) is 0.920. The third-order valence-corrected chi connectivity index (χ3v) is 5.08. The lowest BCUT2D eigenvalue weighted by atomic mass is 10.2. The van der Waals surface area contributed by atoms with Gasteiger partial charge in [0.05, 0.1) is 0 Å². The van der Waals surface area contributed by atoms with Gasteiger partial charge in [-0.05, 0) is 41.4 Å². The second-order valence-electron chi connectivity index (χ2n) is 3.69. The van der Waals surface area contributed by atoms with Gasteiger partial charge in [0, 0.05) is 12.2 Å². The summed E-state index contributed by atoms with van der Waals surface area (Å²) in [6.07, 6.45) is 1.45. The fourth-order valence-electron chi connectivity index (χ4n) is 1.46. The highest BCUT2D eigenvalue weighted by Gasteiger charge is 2.21. The fraction of sp³-hybridized carbons (Fsp3) is 0.182. The Labute approximate surface area is 115 Å². The number of sulfonamides is 1. The molecular weight excluding hydrogens is 292 g/mol. The van der Waals surface area contributed by atoms with Gasteiger partial charge in [0.1, 0.15) is 10.0 Å². The fourth-order valence-corrected chi connectivity index (χ4v) is 3.90. The predicted molar refractivity (Wildman–Crippen MR) is 72.3 cm³/mol. The van der Waals surface area contributed by atoms with E-state index in [2.05, 4.69) is 9.71 Å². The van der Waals surface area contributed by atoms with Crippen molar-refractivity contribution in [2.24, 2.45) is 0 Å². The lowest BCUT2D eigenvalue weighted by molar-refractivity contribution is 0.567. The molecule has 96 valence electrons. The second kappa shape index (κ2) is 5.36. The van der Waals surface area contributed by atoms with Crippen LogP contribution in [0.15, 0.2) is 40.1 Å². The molecule has 2 heterocycles. The zero-order valence-corrected chi connectivity index (χ0v) is 11.9. The quantitative estimate of drug-likeness (QED) is 0.884. The number of rotatable bonds is 4. The van der Waals surface area contributed by atoms with Crippen LogP contribution in [0.1, 0.15) is 18.5 Å². The van der Waals surface area contributed by atoms with E-state index >= 15 is 0 Å². The van der Waals surface area contributed by atoms with Gasteiger partial charge in [0.2, 0.25) is 10.0 Å². The summed E-state index contributed by atoms with van der Waals surface area (Å²) < 4.78 is 26.8. The maximum absolute atomic E-state index is 12.1. The van der Waals surface area contributed by atoms with Crippen molar-refractivity contribution in [3.05, 3.63) is 45.9 Å². The Morgan fingerprint density at radius 3 is 2.83 bits per heavy atom. The molecule has 0 spiro atoms. The minimum atomic E-state index is -3.66. The third-order valence-electron chi connectivity index (χ3n) is 2.39. The van der Waals surface area contributed by atoms with Gasteiger partial charge in [-0.1, -0.05) is 11.6 Å². The van der Waals surface area contributed by atoms with E-state index in [1.165, 1.54) is 29.7 Å². The minimum Gasteiger partial charge on any atom is -0.243 e. The van der Waals surface area contributed by atoms with E-state index in [0.717, 1.165) is 5.56 Å². The van der Waals surface area contributed by atoms with Crippen LogP contribution in [0, 0.1) is 0 Å². The smallest absolute Gasteiger partial charge is 0.243 e. The van der Waals surface area contributed by atoms with Crippen molar-refractivity contribution in [1.82, 2.24) is 9.71 Å². The molecule has 0 amide bonds. The minimum absolute atomic E-state index is 0.00579. The van der Waals surface area contributed by atoms with E-state index in [1.807, 2.05) is 16.8 Å². The molecule has 0 saturated heterocycles. The molecule has 1 N–H and O–H groups in total. The zero-order valence-electron chi connectivity index (χ0n) is 9.50. The van der Waals surface area contributed by atoms with Crippen LogP contribution < -0.4 is 4.72 Å². The molecule has 2 aromatic rings. The van der Waals surface area contributed by atoms with E-state index in [-0.39, 0.29) is 16.1 Å². The maximum atomic E-state index is 12.1. The molecule has 18 heavy (non-hydrogen) atoms. The Morgan fingerprint density at radius 1 is 1.44 bits per heavy atom. The number of hydrogen-bond acceptors (Lipinski definition) is 4. The van der Waals surface area contributed by atoms with Gasteiger partial charge in [0.25, 0.3) is 0 Å². The zero-order chi connectivity index (χ0) is 13.2. The van der Waals surface area contributed by atoms with E-state index < -0.39 is 10.0 Å². The van der Waals surface area contributed by atoms with Gasteiger partial charge >= 0.3 is 0 Å². The summed E-state index contributed by atoms with van der Waals surface area (Å²) in [4.78, 5) is 3.76. The number of halogens is 1. The van der Waals surface area contributed by atoms with Crippen molar-refractivity contribution in [3.8, 4) is 0 Å². The monoisotopic (exact) mass is 302 g/mol. The molecule has 1 unspecified atom stereocenters. The molecule has 7 heteroatoms. The van der Waals surface area contributed by atoms with Gasteiger partial charge in [-0.2, -0.15) is 11.3 Å². The average molecular weight is 303 g/mol. The molecule has 0 aliphatic carbocycles. The van der Waals surface area contributed by atoms with Crippen molar-refractivity contribution in [1.29, 1.82) is 0 Å². The molecule has 4 nitrogen and oxygen atoms in total. The van der Waals surface area contributed by atoms with Crippen molar-refractivity contribution < 1.29 is 8.42 Å². The first kappa shape index (κ1) is 13.5. The SMILES string of the molecule is CC(NS(=O)(=O)c1cccnc1Cl)c1ccsc1. The first-order valence-corrected chi connectivity index (χ1v) is 7.96. The van der Waals surface area contributed by atoms with E-state index in [4.69, 9.17) is 11.6 Å². The summed E-state index contributed by atoms with van der Waals surface area (Å²) >= 11 is 7.31. The Balaban J connectivity index is 2.26. The highest BCUT2D eigenvalue weighted by Crippen LogP contribution is 2.22. The van der Waals surface area contributed by atoms with Crippen LogP contribution in [-0.2, 0) is 10.0 Å². The molecule has 0 bridgehead atoms. The summed E-state index contributed by atoms with van der Waals surface area (Å²) in [5.74, 6) is 0. The van der Waals surface area contributed by atoms with E-state index in [0.29, 0.717) is 0 Å². The molecule has 0 aromatic carbocycles. The highest BCUT2D eigenvalue weighted by atomic mass is 35.5. The summed E-state index contributed by atoms with van der Waals surface area (Å²) in [6.45, 7) is 1.78. The number of nitrogens with zero attached hydrogens (tertiary/aromatic N) is 1. The summed E-state index contributed by atoms with van der Waals surface area (Å²) in [5, 5.41) is 3.78. The normalized spacial score (nSPS) is 13.4. The maximum Gasteiger partial charge on any atom is 0.244 e. The lowest BCUT2D eigenvalue weighted by Gasteiger charge is -2.13. The Kier molecular flexibility index (Phi) is 4.01. The van der Waals surface area contributed by atoms with Crippen LogP contribution in [0.2, 0.25) is 5.15 Å². The van der Waals surface area contributed by atoms with E-state index in [1.54, 1.807) is 6.92 Å². The summed E-state index contributed by atoms with van der Waals surface area (Å²) in [6, 6.07) is 4.54. The van der Waals surface area contributed by atoms with Crippen LogP contribution in [-0.4, -0.2) is 13.4 Å². The highest BCUT2D eigenvalue weighted by molar-refractivity contribution is 7.89. The molecule has 0 radical (unpaired) electrons. The van der Waals surface area contributed by atoms with Gasteiger partial charge in [-0.25, -0.2) is 18.1 Å². The molecule has 0 saturated carbocycles. The van der Waals surface area contributed by atoms with Crippen molar-refractivity contribution in [2.75, 3.05) is 0 Å². The van der Waals surface area contributed by atoms with Crippen molar-refractivity contribution in [2.45, 2.75) is 17.9 Å². The molecule has 1 atom stereocenters. The van der Waals surface area contributed by atoms with Crippen molar-refractivity contribution in [3.63, 3.8) is 0 Å². The number of nitrogens with one attached hydrogen (secondary N) is 1. The molecule has 2 aromatic heterocycles. The lowest BCUT2D eigenvalue weighted by Crippen LogP contribution is -2.27. The standard InChI is InChI=1S/C11H11ClN2O2S2/c1-8(9-4-6-17-7-9)14-18(15,16)10-3-2-5-13-11(10)12/h2-8,14H,1H3. The molecule has 0 aliphatic rings. The van der Waals surface area contributed by atoms with Gasteiger partial charge in [0.15, 0.2) is 0 Å². The topological polar surface area (TPSA) is 59.1 Å². The van der Waals surface area contributed by atoms with Crippen LogP contribution in [0.5, 0.6) is 0 Å². The Morgan fingerprint density at radius 2 is 2.22 bits per heavy atom. The van der Waals surface area contributed by atoms with Gasteiger partial charge in [-0.3, -0.25) is 0 Å². The Bertz CT molecular complexity index is 626.